The van der Waals surface area contributed by atoms with Gasteiger partial charge in [0.25, 0.3) is 0 Å². The minimum absolute atomic E-state index is 0.0173. The summed E-state index contributed by atoms with van der Waals surface area (Å²) >= 11 is 0. The number of nitrogens with zero attached hydrogens (tertiary/aromatic N) is 4. The third-order valence-electron chi connectivity index (χ3n) is 14.7. The summed E-state index contributed by atoms with van der Waals surface area (Å²) in [5.41, 5.74) is 5.04. The number of carbonyl (C=O) groups is 2. The Morgan fingerprint density at radius 3 is 2.09 bits per heavy atom. The minimum atomic E-state index is -4.81. The maximum Gasteiger partial charge on any atom is 0.573 e. The SMILES string of the molecule is C[C@H](C(=O)O)[C@H](c1ccc2c(c1)O[C@@H](C1CCN(Cc3cc(-c4cn(CCCCCCCCCCCCCCCCCC(=O)OCc5ccccc5)nn4)ccc3OC(F)(F)F)CC1)CC2)C1CC1. The highest BCUT2D eigenvalue weighted by Gasteiger charge is 2.40. The van der Waals surface area contributed by atoms with Crippen LogP contribution in [-0.4, -0.2) is 62.5 Å². The Labute approximate surface area is 407 Å². The highest BCUT2D eigenvalue weighted by Crippen LogP contribution is 2.48. The topological polar surface area (TPSA) is 116 Å². The van der Waals surface area contributed by atoms with Crippen LogP contribution in [0.15, 0.2) is 72.9 Å². The second-order valence-electron chi connectivity index (χ2n) is 20.1. The Morgan fingerprint density at radius 1 is 0.797 bits per heavy atom. The largest absolute Gasteiger partial charge is 0.573 e. The van der Waals surface area contributed by atoms with Gasteiger partial charge >= 0.3 is 18.3 Å². The fourth-order valence-electron chi connectivity index (χ4n) is 10.5. The molecule has 376 valence electrons. The molecule has 3 aromatic carbocycles. The van der Waals surface area contributed by atoms with Crippen molar-refractivity contribution in [2.45, 2.75) is 186 Å². The molecule has 7 rings (SSSR count). The van der Waals surface area contributed by atoms with Gasteiger partial charge in [-0.1, -0.05) is 138 Å². The molecule has 13 heteroatoms. The molecule has 0 radical (unpaired) electrons. The predicted molar refractivity (Wildman–Crippen MR) is 262 cm³/mol. The van der Waals surface area contributed by atoms with E-state index in [0.717, 1.165) is 106 Å². The quantitative estimate of drug-likeness (QED) is 0.0419. The number of piperidine rings is 1. The molecular weight excluding hydrogens is 882 g/mol. The van der Waals surface area contributed by atoms with Gasteiger partial charge in [-0.05, 0) is 123 Å². The molecule has 3 aliphatic rings. The second kappa shape index (κ2) is 26.3. The van der Waals surface area contributed by atoms with Crippen LogP contribution in [0.3, 0.4) is 0 Å². The Balaban J connectivity index is 0.758. The Hall–Kier alpha value is -4.91. The van der Waals surface area contributed by atoms with Gasteiger partial charge in [0.15, 0.2) is 0 Å². The molecule has 0 bridgehead atoms. The molecule has 1 saturated carbocycles. The lowest BCUT2D eigenvalue weighted by molar-refractivity contribution is -0.275. The van der Waals surface area contributed by atoms with Crippen LogP contribution in [0.2, 0.25) is 0 Å². The number of alkyl halides is 3. The third-order valence-corrected chi connectivity index (χ3v) is 14.7. The number of aryl methyl sites for hydroxylation is 2. The van der Waals surface area contributed by atoms with Crippen LogP contribution in [-0.2, 0) is 40.4 Å². The summed E-state index contributed by atoms with van der Waals surface area (Å²) in [6, 6.07) is 20.9. The molecule has 2 aliphatic heterocycles. The Kier molecular flexibility index (Phi) is 19.8. The number of ether oxygens (including phenoxy) is 3. The van der Waals surface area contributed by atoms with Crippen molar-refractivity contribution >= 4 is 11.9 Å². The van der Waals surface area contributed by atoms with Gasteiger partial charge in [0.2, 0.25) is 0 Å². The van der Waals surface area contributed by atoms with Gasteiger partial charge in [0.05, 0.1) is 12.1 Å². The lowest BCUT2D eigenvalue weighted by Gasteiger charge is -2.38. The molecular formula is C56H75F3N4O6. The lowest BCUT2D eigenvalue weighted by atomic mass is 9.81. The normalized spacial score (nSPS) is 17.5. The second-order valence-corrected chi connectivity index (χ2v) is 20.1. The zero-order chi connectivity index (χ0) is 48.4. The molecule has 0 amide bonds. The van der Waals surface area contributed by atoms with Crippen LogP contribution in [0.25, 0.3) is 11.3 Å². The lowest BCUT2D eigenvalue weighted by Crippen LogP contribution is -2.40. The number of esters is 1. The number of carboxylic acid groups (broad SMARTS) is 1. The number of hydrogen-bond acceptors (Lipinski definition) is 8. The van der Waals surface area contributed by atoms with Crippen molar-refractivity contribution in [1.29, 1.82) is 0 Å². The smallest absolute Gasteiger partial charge is 0.490 e. The van der Waals surface area contributed by atoms with Crippen LogP contribution < -0.4 is 9.47 Å². The van der Waals surface area contributed by atoms with E-state index < -0.39 is 18.2 Å². The highest BCUT2D eigenvalue weighted by atomic mass is 19.4. The Bertz CT molecular complexity index is 2190. The molecule has 3 atom stereocenters. The van der Waals surface area contributed by atoms with Gasteiger partial charge < -0.3 is 19.3 Å². The van der Waals surface area contributed by atoms with E-state index in [9.17, 15) is 27.9 Å². The fourth-order valence-corrected chi connectivity index (χ4v) is 10.5. The first-order valence-corrected chi connectivity index (χ1v) is 26.2. The van der Waals surface area contributed by atoms with Gasteiger partial charge in [-0.3, -0.25) is 19.2 Å². The summed E-state index contributed by atoms with van der Waals surface area (Å²) in [5, 5.41) is 18.5. The van der Waals surface area contributed by atoms with Crippen molar-refractivity contribution in [1.82, 2.24) is 19.9 Å². The van der Waals surface area contributed by atoms with E-state index >= 15 is 0 Å². The van der Waals surface area contributed by atoms with Crippen molar-refractivity contribution < 1.29 is 42.1 Å². The fraction of sp³-hybridized carbons (Fsp3) is 0.607. The first-order chi connectivity index (χ1) is 33.5. The number of hydrogen-bond donors (Lipinski definition) is 1. The van der Waals surface area contributed by atoms with Gasteiger partial charge in [0, 0.05) is 30.6 Å². The van der Waals surface area contributed by atoms with Gasteiger partial charge in [0.1, 0.15) is 29.9 Å². The van der Waals surface area contributed by atoms with E-state index in [0.29, 0.717) is 48.2 Å². The zero-order valence-corrected chi connectivity index (χ0v) is 40.8. The van der Waals surface area contributed by atoms with Crippen molar-refractivity contribution in [3.8, 4) is 22.8 Å². The average molecular weight is 957 g/mol. The van der Waals surface area contributed by atoms with Crippen LogP contribution in [0.5, 0.6) is 11.5 Å². The molecule has 3 heterocycles. The van der Waals surface area contributed by atoms with Crippen LogP contribution in [0.1, 0.15) is 170 Å². The number of benzene rings is 3. The van der Waals surface area contributed by atoms with Gasteiger partial charge in [-0.15, -0.1) is 18.3 Å². The number of aliphatic carboxylic acids is 1. The summed E-state index contributed by atoms with van der Waals surface area (Å²) < 4.78 is 59.1. The molecule has 0 unspecified atom stereocenters. The van der Waals surface area contributed by atoms with Crippen LogP contribution in [0.4, 0.5) is 13.2 Å². The molecule has 69 heavy (non-hydrogen) atoms. The predicted octanol–water partition coefficient (Wildman–Crippen LogP) is 13.6. The molecule has 1 saturated heterocycles. The van der Waals surface area contributed by atoms with Gasteiger partial charge in [-0.2, -0.15) is 0 Å². The number of carbonyl (C=O) groups excluding carboxylic acids is 1. The molecule has 1 aromatic heterocycles. The van der Waals surface area contributed by atoms with Crippen LogP contribution >= 0.6 is 0 Å². The molecule has 2 fully saturated rings. The molecule has 1 aliphatic carbocycles. The number of fused-ring (bicyclic) bond motifs is 1. The Morgan fingerprint density at radius 2 is 1.45 bits per heavy atom. The summed E-state index contributed by atoms with van der Waals surface area (Å²) in [6.07, 6.45) is 21.2. The van der Waals surface area contributed by atoms with Crippen molar-refractivity contribution in [3.63, 3.8) is 0 Å². The van der Waals surface area contributed by atoms with Crippen molar-refractivity contribution in [2.75, 3.05) is 13.1 Å². The molecule has 0 spiro atoms. The molecule has 4 aromatic rings. The summed E-state index contributed by atoms with van der Waals surface area (Å²) in [6.45, 7) is 4.68. The monoisotopic (exact) mass is 957 g/mol. The standard InChI is InChI=1S/C56H75F3N4O6/c1-41(55(65)66)54(45-24-25-45)47-26-23-43-27-29-50(68-52(43)37-47)44-31-34-62(35-32-44)38-48-36-46(28-30-51(48)69-56(57,58)59)49-39-63(61-60-49)33-19-14-12-10-8-6-4-2-3-5-7-9-11-13-18-22-53(64)67-40-42-20-16-15-17-21-42/h15-17,20-21,23,26,28,30,36-37,39,41,44-45,50,54H,2-14,18-19,22,24-25,27,29,31-35,38,40H2,1H3,(H,65,66)/t41-,50+,54-/m0/s1. The highest BCUT2D eigenvalue weighted by molar-refractivity contribution is 5.71. The number of likely N-dealkylation sites (tertiary alicyclic amines) is 1. The first kappa shape index (κ1) is 51.9. The van der Waals surface area contributed by atoms with Crippen molar-refractivity contribution in [2.24, 2.45) is 17.8 Å². The summed E-state index contributed by atoms with van der Waals surface area (Å²) in [5.74, 6) is 0.0523. The van der Waals surface area contributed by atoms with E-state index in [1.807, 2.05) is 41.2 Å². The van der Waals surface area contributed by atoms with E-state index in [4.69, 9.17) is 9.47 Å². The van der Waals surface area contributed by atoms with Gasteiger partial charge in [-0.25, -0.2) is 0 Å². The van der Waals surface area contributed by atoms with E-state index in [2.05, 4.69) is 38.1 Å². The van der Waals surface area contributed by atoms with Crippen molar-refractivity contribution in [3.05, 3.63) is 95.2 Å². The molecule has 10 nitrogen and oxygen atoms in total. The number of carboxylic acids is 1. The number of rotatable bonds is 29. The number of unbranched alkanes of at least 4 members (excludes halogenated alkanes) is 14. The number of aromatic nitrogens is 3. The minimum Gasteiger partial charge on any atom is -0.490 e. The maximum atomic E-state index is 13.6. The first-order valence-electron chi connectivity index (χ1n) is 26.2. The number of halogens is 3. The third kappa shape index (κ3) is 16.9. The van der Waals surface area contributed by atoms with E-state index in [-0.39, 0.29) is 23.7 Å². The summed E-state index contributed by atoms with van der Waals surface area (Å²) in [7, 11) is 0. The zero-order valence-electron chi connectivity index (χ0n) is 40.8. The van der Waals surface area contributed by atoms with E-state index in [1.165, 1.54) is 76.7 Å². The average Bonchev–Trinajstić information content (AvgIpc) is 4.07. The molecule has 1 N–H and O–H groups in total. The maximum absolute atomic E-state index is 13.6. The van der Waals surface area contributed by atoms with E-state index in [1.54, 1.807) is 19.1 Å². The summed E-state index contributed by atoms with van der Waals surface area (Å²) in [4.78, 5) is 26.1. The van der Waals surface area contributed by atoms with Crippen LogP contribution in [0, 0.1) is 17.8 Å².